The normalized spacial score (nSPS) is 28.2. The predicted octanol–water partition coefficient (Wildman–Crippen LogP) is 2.10. The Morgan fingerprint density at radius 1 is 1.40 bits per heavy atom. The predicted molar refractivity (Wildman–Crippen MR) is 79.2 cm³/mol. The van der Waals surface area contributed by atoms with Gasteiger partial charge in [0.05, 0.1) is 24.7 Å². The highest BCUT2D eigenvalue weighted by Gasteiger charge is 2.38. The Morgan fingerprint density at radius 2 is 2.05 bits per heavy atom. The Morgan fingerprint density at radius 3 is 2.65 bits per heavy atom. The lowest BCUT2D eigenvalue weighted by Gasteiger charge is -2.44. The van der Waals surface area contributed by atoms with E-state index in [0.717, 1.165) is 5.56 Å². The summed E-state index contributed by atoms with van der Waals surface area (Å²) in [6.07, 6.45) is 0.575. The fraction of sp³-hybridized carbons (Fsp3) is 0.562. The van der Waals surface area contributed by atoms with Crippen molar-refractivity contribution in [1.29, 1.82) is 0 Å². The fourth-order valence-corrected chi connectivity index (χ4v) is 2.81. The Labute approximate surface area is 120 Å². The zero-order chi connectivity index (χ0) is 14.7. The molecule has 0 saturated carbocycles. The van der Waals surface area contributed by atoms with Crippen molar-refractivity contribution in [1.82, 2.24) is 4.90 Å². The van der Waals surface area contributed by atoms with E-state index >= 15 is 0 Å². The van der Waals surface area contributed by atoms with Gasteiger partial charge >= 0.3 is 0 Å². The van der Waals surface area contributed by atoms with E-state index in [4.69, 9.17) is 10.5 Å². The van der Waals surface area contributed by atoms with Crippen molar-refractivity contribution >= 4 is 5.91 Å². The van der Waals surface area contributed by atoms with E-state index in [1.165, 1.54) is 0 Å². The summed E-state index contributed by atoms with van der Waals surface area (Å²) in [5, 5.41) is 0. The van der Waals surface area contributed by atoms with Crippen LogP contribution in [0.4, 0.5) is 0 Å². The van der Waals surface area contributed by atoms with Gasteiger partial charge in [0.1, 0.15) is 6.10 Å². The van der Waals surface area contributed by atoms with E-state index in [1.54, 1.807) is 0 Å². The lowest BCUT2D eigenvalue weighted by Crippen LogP contribution is -2.57. The van der Waals surface area contributed by atoms with Crippen molar-refractivity contribution in [3.8, 4) is 0 Å². The van der Waals surface area contributed by atoms with E-state index in [0.29, 0.717) is 13.0 Å². The molecule has 1 aromatic carbocycles. The van der Waals surface area contributed by atoms with Gasteiger partial charge in [0.2, 0.25) is 5.91 Å². The minimum Gasteiger partial charge on any atom is -0.369 e. The average molecular weight is 276 g/mol. The van der Waals surface area contributed by atoms with Crippen LogP contribution in [0.2, 0.25) is 0 Å². The van der Waals surface area contributed by atoms with E-state index in [2.05, 4.69) is 0 Å². The first-order chi connectivity index (χ1) is 9.56. The Kier molecular flexibility index (Phi) is 4.78. The summed E-state index contributed by atoms with van der Waals surface area (Å²) in [7, 11) is 0. The van der Waals surface area contributed by atoms with Crippen LogP contribution in [0.15, 0.2) is 30.3 Å². The topological polar surface area (TPSA) is 55.6 Å². The van der Waals surface area contributed by atoms with Gasteiger partial charge in [0.25, 0.3) is 0 Å². The number of carbonyl (C=O) groups is 1. The minimum absolute atomic E-state index is 0.00810. The van der Waals surface area contributed by atoms with Gasteiger partial charge in [-0.05, 0) is 25.8 Å². The zero-order valence-corrected chi connectivity index (χ0v) is 12.5. The fourth-order valence-electron chi connectivity index (χ4n) is 2.81. The molecule has 1 amide bonds. The number of nitrogens with two attached hydrogens (primary N) is 1. The maximum absolute atomic E-state index is 12.5. The molecule has 4 nitrogen and oxygen atoms in total. The van der Waals surface area contributed by atoms with Gasteiger partial charge in [-0.3, -0.25) is 4.79 Å². The van der Waals surface area contributed by atoms with Crippen LogP contribution in [0.3, 0.4) is 0 Å². The number of ether oxygens (including phenoxy) is 1. The van der Waals surface area contributed by atoms with Gasteiger partial charge in [-0.1, -0.05) is 37.3 Å². The maximum Gasteiger partial charge on any atom is 0.240 e. The number of hydrogen-bond donors (Lipinski definition) is 1. The highest BCUT2D eigenvalue weighted by atomic mass is 16.5. The summed E-state index contributed by atoms with van der Waals surface area (Å²) >= 11 is 0. The van der Waals surface area contributed by atoms with Crippen LogP contribution in [-0.2, 0) is 9.53 Å². The van der Waals surface area contributed by atoms with Gasteiger partial charge < -0.3 is 15.4 Å². The van der Waals surface area contributed by atoms with E-state index in [9.17, 15) is 4.79 Å². The third-order valence-electron chi connectivity index (χ3n) is 4.01. The average Bonchev–Trinajstić information content (AvgIpc) is 2.47. The van der Waals surface area contributed by atoms with Crippen molar-refractivity contribution < 1.29 is 9.53 Å². The van der Waals surface area contributed by atoms with Crippen LogP contribution in [0.5, 0.6) is 0 Å². The molecule has 1 saturated heterocycles. The molecule has 0 bridgehead atoms. The molecule has 0 aliphatic carbocycles. The number of hydrogen-bond acceptors (Lipinski definition) is 3. The third-order valence-corrected chi connectivity index (χ3v) is 4.01. The molecule has 1 fully saturated rings. The SMILES string of the molecule is CC[C@H](N)C(=O)N1[C@H](C)CO[C@@H](c2ccccc2)[C@@H]1C. The Hall–Kier alpha value is -1.39. The van der Waals surface area contributed by atoms with Crippen LogP contribution in [0, 0.1) is 0 Å². The number of benzene rings is 1. The molecular weight excluding hydrogens is 252 g/mol. The second-order valence-electron chi connectivity index (χ2n) is 5.51. The van der Waals surface area contributed by atoms with Crippen molar-refractivity contribution in [2.24, 2.45) is 5.73 Å². The largest absolute Gasteiger partial charge is 0.369 e. The van der Waals surface area contributed by atoms with Crippen LogP contribution in [0.25, 0.3) is 0 Å². The smallest absolute Gasteiger partial charge is 0.240 e. The van der Waals surface area contributed by atoms with Crippen molar-refractivity contribution in [2.45, 2.75) is 51.4 Å². The summed E-state index contributed by atoms with van der Waals surface area (Å²) in [4.78, 5) is 14.4. The van der Waals surface area contributed by atoms with Crippen LogP contribution < -0.4 is 5.73 Å². The second kappa shape index (κ2) is 6.37. The standard InChI is InChI=1S/C16H24N2O2/c1-4-14(17)16(19)18-11(2)10-20-15(12(18)3)13-8-6-5-7-9-13/h5-9,11-12,14-15H,4,10,17H2,1-3H3/t11-,12+,14+,15-/m1/s1. The summed E-state index contributed by atoms with van der Waals surface area (Å²) in [5.74, 6) is 0.0248. The van der Waals surface area contributed by atoms with Gasteiger partial charge in [0, 0.05) is 0 Å². The Bertz CT molecular complexity index is 449. The molecule has 1 heterocycles. The zero-order valence-electron chi connectivity index (χ0n) is 12.5. The molecular formula is C16H24N2O2. The number of rotatable bonds is 3. The quantitative estimate of drug-likeness (QED) is 0.920. The highest BCUT2D eigenvalue weighted by Crippen LogP contribution is 2.31. The molecule has 4 atom stereocenters. The third kappa shape index (κ3) is 2.86. The van der Waals surface area contributed by atoms with Crippen molar-refractivity contribution in [3.63, 3.8) is 0 Å². The van der Waals surface area contributed by atoms with Gasteiger partial charge in [-0.2, -0.15) is 0 Å². The summed E-state index contributed by atoms with van der Waals surface area (Å²) < 4.78 is 5.95. The van der Waals surface area contributed by atoms with Crippen LogP contribution >= 0.6 is 0 Å². The maximum atomic E-state index is 12.5. The molecule has 20 heavy (non-hydrogen) atoms. The molecule has 1 aliphatic heterocycles. The first-order valence-corrected chi connectivity index (χ1v) is 7.30. The summed E-state index contributed by atoms with van der Waals surface area (Å²) in [6, 6.07) is 9.69. The number of carbonyl (C=O) groups excluding carboxylic acids is 1. The molecule has 0 radical (unpaired) electrons. The number of morpholine rings is 1. The van der Waals surface area contributed by atoms with Crippen molar-refractivity contribution in [3.05, 3.63) is 35.9 Å². The molecule has 2 N–H and O–H groups in total. The monoisotopic (exact) mass is 276 g/mol. The van der Waals surface area contributed by atoms with Crippen LogP contribution in [0.1, 0.15) is 38.9 Å². The number of nitrogens with zero attached hydrogens (tertiary/aromatic N) is 1. The molecule has 0 aromatic heterocycles. The second-order valence-corrected chi connectivity index (χ2v) is 5.51. The molecule has 0 spiro atoms. The van der Waals surface area contributed by atoms with Crippen molar-refractivity contribution in [2.75, 3.05) is 6.61 Å². The molecule has 1 aliphatic rings. The van der Waals surface area contributed by atoms with Crippen LogP contribution in [-0.4, -0.2) is 35.5 Å². The van der Waals surface area contributed by atoms with E-state index in [-0.39, 0.29) is 24.1 Å². The number of amides is 1. The lowest BCUT2D eigenvalue weighted by molar-refractivity contribution is -0.154. The molecule has 2 rings (SSSR count). The minimum atomic E-state index is -0.422. The van der Waals surface area contributed by atoms with Gasteiger partial charge in [-0.25, -0.2) is 0 Å². The van der Waals surface area contributed by atoms with Gasteiger partial charge in [0.15, 0.2) is 0 Å². The summed E-state index contributed by atoms with van der Waals surface area (Å²) in [6.45, 7) is 6.53. The molecule has 1 aromatic rings. The highest BCUT2D eigenvalue weighted by molar-refractivity contribution is 5.82. The van der Waals surface area contributed by atoms with Gasteiger partial charge in [-0.15, -0.1) is 0 Å². The first kappa shape index (κ1) is 15.0. The Balaban J connectivity index is 2.22. The summed E-state index contributed by atoms with van der Waals surface area (Å²) in [5.41, 5.74) is 7.03. The van der Waals surface area contributed by atoms with E-state index < -0.39 is 6.04 Å². The first-order valence-electron chi connectivity index (χ1n) is 7.30. The lowest BCUT2D eigenvalue weighted by atomic mass is 9.97. The molecule has 0 unspecified atom stereocenters. The molecule has 110 valence electrons. The van der Waals surface area contributed by atoms with E-state index in [1.807, 2.05) is 56.0 Å². The molecule has 4 heteroatoms.